The Balaban J connectivity index is 2.28. The Bertz CT molecular complexity index is 626. The van der Waals surface area contributed by atoms with E-state index in [1.807, 2.05) is 0 Å². The number of anilines is 1. The van der Waals surface area contributed by atoms with E-state index in [1.54, 1.807) is 30.3 Å². The molecule has 110 valence electrons. The molecule has 2 aromatic carbocycles. The Morgan fingerprint density at radius 1 is 1.05 bits per heavy atom. The lowest BCUT2D eigenvalue weighted by atomic mass is 10.1. The lowest BCUT2D eigenvalue weighted by molar-refractivity contribution is -0.138. The Morgan fingerprint density at radius 3 is 2.29 bits per heavy atom. The zero-order chi connectivity index (χ0) is 15.5. The molecule has 0 fully saturated rings. The average molecular weight is 295 g/mol. The fraction of sp³-hybridized carbons (Fsp3) is 0.133. The van der Waals surface area contributed by atoms with Gasteiger partial charge in [0.05, 0.1) is 5.56 Å². The number of alkyl halides is 3. The Kier molecular flexibility index (Phi) is 4.16. The molecule has 0 aromatic heterocycles. The molecule has 3 nitrogen and oxygen atoms in total. The van der Waals surface area contributed by atoms with Crippen molar-refractivity contribution in [3.05, 3.63) is 65.7 Å². The highest BCUT2D eigenvalue weighted by atomic mass is 19.4. The van der Waals surface area contributed by atoms with Gasteiger partial charge in [-0.2, -0.15) is 13.2 Å². The van der Waals surface area contributed by atoms with Crippen LogP contribution in [0.15, 0.2) is 54.6 Å². The van der Waals surface area contributed by atoms with Gasteiger partial charge in [-0.1, -0.05) is 36.4 Å². The van der Waals surface area contributed by atoms with Gasteiger partial charge in [0, 0.05) is 5.69 Å². The van der Waals surface area contributed by atoms with Crippen LogP contribution in [0, 0.1) is 0 Å². The van der Waals surface area contributed by atoms with Crippen LogP contribution in [0.4, 0.5) is 18.9 Å². The SMILES string of the molecule is O=C(O)[C@@H](Nc1cccc(C(F)(F)F)c1)c1ccccc1. The van der Waals surface area contributed by atoms with Gasteiger partial charge < -0.3 is 10.4 Å². The molecular weight excluding hydrogens is 283 g/mol. The second-order valence-corrected chi connectivity index (χ2v) is 4.40. The fourth-order valence-electron chi connectivity index (χ4n) is 1.89. The molecule has 0 radical (unpaired) electrons. The molecule has 0 aliphatic heterocycles. The minimum absolute atomic E-state index is 0.0982. The molecule has 2 rings (SSSR count). The lowest BCUT2D eigenvalue weighted by Gasteiger charge is -2.17. The molecule has 0 aliphatic carbocycles. The van der Waals surface area contributed by atoms with Crippen molar-refractivity contribution in [3.63, 3.8) is 0 Å². The zero-order valence-corrected chi connectivity index (χ0v) is 10.8. The Hall–Kier alpha value is -2.50. The first-order valence-corrected chi connectivity index (χ1v) is 6.09. The summed E-state index contributed by atoms with van der Waals surface area (Å²) >= 11 is 0. The van der Waals surface area contributed by atoms with Gasteiger partial charge in [-0.3, -0.25) is 0 Å². The molecule has 21 heavy (non-hydrogen) atoms. The van der Waals surface area contributed by atoms with Crippen molar-refractivity contribution in [1.29, 1.82) is 0 Å². The van der Waals surface area contributed by atoms with E-state index in [2.05, 4.69) is 5.32 Å². The number of carboxylic acids is 1. The number of hydrogen-bond acceptors (Lipinski definition) is 2. The van der Waals surface area contributed by atoms with Gasteiger partial charge in [0.25, 0.3) is 0 Å². The van der Waals surface area contributed by atoms with Crippen molar-refractivity contribution < 1.29 is 23.1 Å². The third-order valence-electron chi connectivity index (χ3n) is 2.88. The maximum absolute atomic E-state index is 12.6. The van der Waals surface area contributed by atoms with Crippen LogP contribution in [-0.4, -0.2) is 11.1 Å². The van der Waals surface area contributed by atoms with Gasteiger partial charge in [-0.15, -0.1) is 0 Å². The topological polar surface area (TPSA) is 49.3 Å². The molecule has 1 atom stereocenters. The number of nitrogens with one attached hydrogen (secondary N) is 1. The summed E-state index contributed by atoms with van der Waals surface area (Å²) in [6, 6.07) is 11.6. The lowest BCUT2D eigenvalue weighted by Crippen LogP contribution is -2.20. The van der Waals surface area contributed by atoms with Gasteiger partial charge in [-0.25, -0.2) is 4.79 Å². The average Bonchev–Trinajstić information content (AvgIpc) is 2.45. The Labute approximate surface area is 119 Å². The number of carbonyl (C=O) groups is 1. The summed E-state index contributed by atoms with van der Waals surface area (Å²) in [5, 5.41) is 11.8. The van der Waals surface area contributed by atoms with Crippen LogP contribution in [0.3, 0.4) is 0 Å². The van der Waals surface area contributed by atoms with Crippen LogP contribution >= 0.6 is 0 Å². The summed E-state index contributed by atoms with van der Waals surface area (Å²) < 4.78 is 37.9. The quantitative estimate of drug-likeness (QED) is 0.898. The van der Waals surface area contributed by atoms with Crippen LogP contribution in [0.5, 0.6) is 0 Å². The minimum Gasteiger partial charge on any atom is -0.479 e. The van der Waals surface area contributed by atoms with E-state index in [0.29, 0.717) is 5.56 Å². The summed E-state index contributed by atoms with van der Waals surface area (Å²) in [7, 11) is 0. The molecule has 6 heteroatoms. The van der Waals surface area contributed by atoms with Crippen molar-refractivity contribution in [1.82, 2.24) is 0 Å². The van der Waals surface area contributed by atoms with Crippen molar-refractivity contribution in [2.75, 3.05) is 5.32 Å². The van der Waals surface area contributed by atoms with Crippen LogP contribution in [0.1, 0.15) is 17.2 Å². The van der Waals surface area contributed by atoms with Crippen molar-refractivity contribution in [2.45, 2.75) is 12.2 Å². The maximum atomic E-state index is 12.6. The highest BCUT2D eigenvalue weighted by Crippen LogP contribution is 2.31. The summed E-state index contributed by atoms with van der Waals surface area (Å²) in [6.07, 6.45) is -4.47. The molecule has 0 bridgehead atoms. The molecule has 0 spiro atoms. The van der Waals surface area contributed by atoms with Crippen LogP contribution in [0.25, 0.3) is 0 Å². The smallest absolute Gasteiger partial charge is 0.416 e. The molecule has 0 saturated carbocycles. The second kappa shape index (κ2) is 5.87. The predicted octanol–water partition coefficient (Wildman–Crippen LogP) is 3.94. The van der Waals surface area contributed by atoms with E-state index in [9.17, 15) is 23.1 Å². The number of rotatable bonds is 4. The largest absolute Gasteiger partial charge is 0.479 e. The van der Waals surface area contributed by atoms with Crippen molar-refractivity contribution in [3.8, 4) is 0 Å². The van der Waals surface area contributed by atoms with E-state index in [-0.39, 0.29) is 5.69 Å². The molecular formula is C15H12F3NO2. The highest BCUT2D eigenvalue weighted by molar-refractivity contribution is 5.79. The van der Waals surface area contributed by atoms with Gasteiger partial charge in [0.2, 0.25) is 0 Å². The monoisotopic (exact) mass is 295 g/mol. The standard InChI is InChI=1S/C15H12F3NO2/c16-15(17,18)11-7-4-8-12(9-11)19-13(14(20)21)10-5-2-1-3-6-10/h1-9,13,19H,(H,20,21)/t13-/m0/s1. The summed E-state index contributed by atoms with van der Waals surface area (Å²) in [6.45, 7) is 0. The van der Waals surface area contributed by atoms with E-state index in [0.717, 1.165) is 12.1 Å². The third-order valence-corrected chi connectivity index (χ3v) is 2.88. The fourth-order valence-corrected chi connectivity index (χ4v) is 1.89. The first kappa shape index (κ1) is 14.9. The van der Waals surface area contributed by atoms with Gasteiger partial charge >= 0.3 is 12.1 Å². The zero-order valence-electron chi connectivity index (χ0n) is 10.8. The summed E-state index contributed by atoms with van der Waals surface area (Å²) in [5.41, 5.74) is -0.270. The normalized spacial score (nSPS) is 12.7. The van der Waals surface area contributed by atoms with Crippen LogP contribution < -0.4 is 5.32 Å². The predicted molar refractivity (Wildman–Crippen MR) is 71.9 cm³/mol. The van der Waals surface area contributed by atoms with Crippen molar-refractivity contribution >= 4 is 11.7 Å². The number of halogens is 3. The maximum Gasteiger partial charge on any atom is 0.416 e. The molecule has 0 amide bonds. The molecule has 2 N–H and O–H groups in total. The minimum atomic E-state index is -4.47. The van der Waals surface area contributed by atoms with E-state index in [1.165, 1.54) is 12.1 Å². The molecule has 0 unspecified atom stereocenters. The molecule has 0 heterocycles. The molecule has 0 saturated heterocycles. The number of aliphatic carboxylic acids is 1. The van der Waals surface area contributed by atoms with Crippen LogP contribution in [-0.2, 0) is 11.0 Å². The molecule has 2 aromatic rings. The van der Waals surface area contributed by atoms with Gasteiger partial charge in [-0.05, 0) is 23.8 Å². The summed E-state index contributed by atoms with van der Waals surface area (Å²) in [4.78, 5) is 11.3. The van der Waals surface area contributed by atoms with Gasteiger partial charge in [0.1, 0.15) is 0 Å². The van der Waals surface area contributed by atoms with Crippen LogP contribution in [0.2, 0.25) is 0 Å². The number of benzene rings is 2. The highest BCUT2D eigenvalue weighted by Gasteiger charge is 2.30. The van der Waals surface area contributed by atoms with E-state index >= 15 is 0 Å². The number of carboxylic acid groups (broad SMARTS) is 1. The van der Waals surface area contributed by atoms with Crippen molar-refractivity contribution in [2.24, 2.45) is 0 Å². The number of hydrogen-bond donors (Lipinski definition) is 2. The first-order chi connectivity index (χ1) is 9.88. The third kappa shape index (κ3) is 3.75. The first-order valence-electron chi connectivity index (χ1n) is 6.09. The van der Waals surface area contributed by atoms with E-state index < -0.39 is 23.8 Å². The second-order valence-electron chi connectivity index (χ2n) is 4.40. The molecule has 0 aliphatic rings. The Morgan fingerprint density at radius 2 is 1.71 bits per heavy atom. The van der Waals surface area contributed by atoms with E-state index in [4.69, 9.17) is 0 Å². The summed E-state index contributed by atoms with van der Waals surface area (Å²) in [5.74, 6) is -1.17. The van der Waals surface area contributed by atoms with Gasteiger partial charge in [0.15, 0.2) is 6.04 Å².